The van der Waals surface area contributed by atoms with Crippen molar-refractivity contribution in [2.75, 3.05) is 5.32 Å². The molecule has 0 amide bonds. The van der Waals surface area contributed by atoms with E-state index in [0.29, 0.717) is 11.6 Å². The van der Waals surface area contributed by atoms with Crippen molar-refractivity contribution in [3.63, 3.8) is 0 Å². The average Bonchev–Trinajstić information content (AvgIpc) is 3.13. The topological polar surface area (TPSA) is 55.2 Å². The van der Waals surface area contributed by atoms with Crippen LogP contribution in [0.2, 0.25) is 0 Å². The highest BCUT2D eigenvalue weighted by Gasteiger charge is 2.41. The lowest BCUT2D eigenvalue weighted by atomic mass is 9.74. The van der Waals surface area contributed by atoms with Crippen LogP contribution in [-0.2, 0) is 6.42 Å². The summed E-state index contributed by atoms with van der Waals surface area (Å²) < 4.78 is 0. The number of rotatable bonds is 3. The third kappa shape index (κ3) is 2.52. The quantitative estimate of drug-likeness (QED) is 0.446. The maximum absolute atomic E-state index is 11.7. The molecular weight excluding hydrogens is 324 g/mol. The van der Waals surface area contributed by atoms with Crippen molar-refractivity contribution in [1.29, 1.82) is 0 Å². The molecule has 134 valence electrons. The fraction of sp³-hybridized carbons (Fsp3) is 0.364. The van der Waals surface area contributed by atoms with Gasteiger partial charge < -0.3 is 5.32 Å². The Morgan fingerprint density at radius 2 is 1.96 bits per heavy atom. The minimum absolute atomic E-state index is 0.0919. The summed E-state index contributed by atoms with van der Waals surface area (Å²) in [6.45, 7) is 6.19. The van der Waals surface area contributed by atoms with E-state index in [2.05, 4.69) is 55.6 Å². The predicted octanol–water partition coefficient (Wildman–Crippen LogP) is 5.60. The van der Waals surface area contributed by atoms with Crippen molar-refractivity contribution >= 4 is 11.4 Å². The molecule has 1 aliphatic carbocycles. The summed E-state index contributed by atoms with van der Waals surface area (Å²) >= 11 is 0. The van der Waals surface area contributed by atoms with Gasteiger partial charge in [-0.15, -0.1) is 0 Å². The zero-order valence-electron chi connectivity index (χ0n) is 15.5. The van der Waals surface area contributed by atoms with Crippen LogP contribution >= 0.6 is 0 Å². The minimum atomic E-state index is -0.255. The molecule has 0 bridgehead atoms. The van der Waals surface area contributed by atoms with E-state index >= 15 is 0 Å². The highest BCUT2D eigenvalue weighted by molar-refractivity contribution is 5.74. The van der Waals surface area contributed by atoms with Crippen LogP contribution in [0.3, 0.4) is 0 Å². The first-order valence-corrected chi connectivity index (χ1v) is 9.31. The van der Waals surface area contributed by atoms with Crippen molar-refractivity contribution in [2.24, 2.45) is 5.92 Å². The molecule has 1 aliphatic heterocycles. The van der Waals surface area contributed by atoms with Gasteiger partial charge in [-0.2, -0.15) is 0 Å². The molecule has 3 atom stereocenters. The van der Waals surface area contributed by atoms with E-state index in [0.717, 1.165) is 24.0 Å². The molecule has 0 unspecified atom stereocenters. The monoisotopic (exact) mass is 348 g/mol. The Bertz CT molecular complexity index is 899. The highest BCUT2D eigenvalue weighted by atomic mass is 16.6. The Morgan fingerprint density at radius 3 is 2.62 bits per heavy atom. The Morgan fingerprint density at radius 1 is 1.23 bits per heavy atom. The molecule has 2 aromatic rings. The van der Waals surface area contributed by atoms with Crippen molar-refractivity contribution in [3.05, 3.63) is 80.4 Å². The highest BCUT2D eigenvalue weighted by Crippen LogP contribution is 2.53. The summed E-state index contributed by atoms with van der Waals surface area (Å²) in [6, 6.07) is 10.5. The number of allylic oxidation sites excluding steroid dienone is 2. The summed E-state index contributed by atoms with van der Waals surface area (Å²) in [7, 11) is 0. The van der Waals surface area contributed by atoms with E-state index in [-0.39, 0.29) is 22.6 Å². The zero-order chi connectivity index (χ0) is 18.4. The number of nitrogens with one attached hydrogen (secondary N) is 1. The number of fused-ring (bicyclic) bond motifs is 3. The molecular formula is C22H24N2O2. The fourth-order valence-electron chi connectivity index (χ4n) is 4.51. The smallest absolute Gasteiger partial charge is 0.292 e. The Kier molecular flexibility index (Phi) is 4.06. The third-order valence-electron chi connectivity index (χ3n) is 6.09. The standard InChI is InChI=1S/C22H24N2O2/c1-4-15-8-10-16(11-9-15)21-18-7-5-6-17(18)20-14(3)13(2)12-19(24(25)26)22(20)23-21/h5-6,8-12,17-18,21,23H,4,7H2,1-3H3/t17-,18+,21+/m1/s1. The number of benzene rings is 2. The molecule has 1 N–H and O–H groups in total. The van der Waals surface area contributed by atoms with E-state index in [1.165, 1.54) is 16.7 Å². The number of anilines is 1. The van der Waals surface area contributed by atoms with Crippen molar-refractivity contribution in [2.45, 2.75) is 45.6 Å². The van der Waals surface area contributed by atoms with Gasteiger partial charge in [-0.1, -0.05) is 43.3 Å². The largest absolute Gasteiger partial charge is 0.372 e. The lowest BCUT2D eigenvalue weighted by molar-refractivity contribution is -0.384. The minimum Gasteiger partial charge on any atom is -0.372 e. The second kappa shape index (κ2) is 6.27. The Balaban J connectivity index is 1.86. The van der Waals surface area contributed by atoms with Gasteiger partial charge in [0.1, 0.15) is 5.69 Å². The SMILES string of the molecule is CCc1ccc([C@@H]2Nc3c([N+](=O)[O-])cc(C)c(C)c3[C@@H]3C=CC[C@@H]32)cc1. The molecule has 0 aromatic heterocycles. The van der Waals surface area contributed by atoms with Crippen LogP contribution in [-0.4, -0.2) is 4.92 Å². The summed E-state index contributed by atoms with van der Waals surface area (Å²) in [6.07, 6.45) is 6.48. The molecule has 0 radical (unpaired) electrons. The van der Waals surface area contributed by atoms with Gasteiger partial charge in [-0.05, 0) is 60.4 Å². The van der Waals surface area contributed by atoms with Crippen LogP contribution in [0, 0.1) is 29.9 Å². The number of nitrogens with zero attached hydrogens (tertiary/aromatic N) is 1. The van der Waals surface area contributed by atoms with E-state index < -0.39 is 0 Å². The second-order valence-electron chi connectivity index (χ2n) is 7.45. The van der Waals surface area contributed by atoms with Gasteiger partial charge in [0.2, 0.25) is 0 Å². The van der Waals surface area contributed by atoms with E-state index in [9.17, 15) is 10.1 Å². The Hall–Kier alpha value is -2.62. The normalized spacial score (nSPS) is 23.3. The lowest BCUT2D eigenvalue weighted by Gasteiger charge is -2.38. The van der Waals surface area contributed by atoms with Crippen molar-refractivity contribution in [3.8, 4) is 0 Å². The maximum atomic E-state index is 11.7. The first-order chi connectivity index (χ1) is 12.5. The van der Waals surface area contributed by atoms with Crippen LogP contribution in [0.15, 0.2) is 42.5 Å². The predicted molar refractivity (Wildman–Crippen MR) is 105 cm³/mol. The van der Waals surface area contributed by atoms with Crippen LogP contribution in [0.5, 0.6) is 0 Å². The molecule has 0 fully saturated rings. The molecule has 1 heterocycles. The van der Waals surface area contributed by atoms with Crippen molar-refractivity contribution < 1.29 is 4.92 Å². The van der Waals surface area contributed by atoms with Gasteiger partial charge in [0.05, 0.1) is 11.0 Å². The van der Waals surface area contributed by atoms with Gasteiger partial charge >= 0.3 is 0 Å². The van der Waals surface area contributed by atoms with Crippen LogP contribution in [0.1, 0.15) is 53.1 Å². The van der Waals surface area contributed by atoms with Gasteiger partial charge in [-0.3, -0.25) is 10.1 Å². The van der Waals surface area contributed by atoms with Gasteiger partial charge in [0, 0.05) is 12.0 Å². The second-order valence-corrected chi connectivity index (χ2v) is 7.45. The van der Waals surface area contributed by atoms with Crippen LogP contribution < -0.4 is 5.32 Å². The van der Waals surface area contributed by atoms with Gasteiger partial charge in [-0.25, -0.2) is 0 Å². The number of nitro groups is 1. The van der Waals surface area contributed by atoms with E-state index in [1.54, 1.807) is 6.07 Å². The third-order valence-corrected chi connectivity index (χ3v) is 6.09. The number of aryl methyl sites for hydroxylation is 2. The van der Waals surface area contributed by atoms with Gasteiger partial charge in [0.15, 0.2) is 0 Å². The molecule has 0 saturated carbocycles. The number of hydrogen-bond acceptors (Lipinski definition) is 3. The first-order valence-electron chi connectivity index (χ1n) is 9.31. The summed E-state index contributed by atoms with van der Waals surface area (Å²) in [5.74, 6) is 0.635. The average molecular weight is 348 g/mol. The first kappa shape index (κ1) is 16.8. The zero-order valence-corrected chi connectivity index (χ0v) is 15.5. The van der Waals surface area contributed by atoms with E-state index in [4.69, 9.17) is 0 Å². The summed E-state index contributed by atoms with van der Waals surface area (Å²) in [4.78, 5) is 11.4. The maximum Gasteiger partial charge on any atom is 0.292 e. The fourth-order valence-corrected chi connectivity index (χ4v) is 4.51. The molecule has 2 aliphatic rings. The van der Waals surface area contributed by atoms with Crippen LogP contribution in [0.25, 0.3) is 0 Å². The van der Waals surface area contributed by atoms with Crippen molar-refractivity contribution in [1.82, 2.24) is 0 Å². The van der Waals surface area contributed by atoms with Gasteiger partial charge in [0.25, 0.3) is 5.69 Å². The molecule has 26 heavy (non-hydrogen) atoms. The lowest BCUT2D eigenvalue weighted by Crippen LogP contribution is -2.30. The molecule has 2 aromatic carbocycles. The molecule has 4 rings (SSSR count). The molecule has 4 nitrogen and oxygen atoms in total. The van der Waals surface area contributed by atoms with E-state index in [1.807, 2.05) is 6.92 Å². The summed E-state index contributed by atoms with van der Waals surface area (Å²) in [5.41, 5.74) is 6.67. The summed E-state index contributed by atoms with van der Waals surface area (Å²) in [5, 5.41) is 15.3. The number of nitro benzene ring substituents is 1. The molecule has 0 spiro atoms. The molecule has 4 heteroatoms. The number of hydrogen-bond donors (Lipinski definition) is 1. The molecule has 0 saturated heterocycles. The van der Waals surface area contributed by atoms with Crippen LogP contribution in [0.4, 0.5) is 11.4 Å². The Labute approximate surface area is 154 Å².